The summed E-state index contributed by atoms with van der Waals surface area (Å²) in [6.07, 6.45) is 1.03. The number of nitrogens with zero attached hydrogens (tertiary/aromatic N) is 4. The van der Waals surface area contributed by atoms with Crippen LogP contribution in [-0.2, 0) is 4.79 Å². The van der Waals surface area contributed by atoms with Gasteiger partial charge in [0.05, 0.1) is 4.92 Å². The SMILES string of the molecule is CCN(CC)C(=O)C(C)Nc1nc(NN)ncc1[N+](=O)[O-]. The molecule has 1 heterocycles. The number of nitrogen functional groups attached to an aromatic ring is 1. The number of likely N-dealkylation sites (N-methyl/N-ethyl adjacent to an activating group) is 1. The van der Waals surface area contributed by atoms with Crippen LogP contribution >= 0.6 is 0 Å². The molecular formula is C11H19N7O3. The minimum atomic E-state index is -0.663. The first kappa shape index (κ1) is 16.6. The Morgan fingerprint density at radius 2 is 2.14 bits per heavy atom. The van der Waals surface area contributed by atoms with Crippen molar-refractivity contribution in [3.05, 3.63) is 16.3 Å². The third-order valence-corrected chi connectivity index (χ3v) is 2.89. The minimum absolute atomic E-state index is 0.0191. The summed E-state index contributed by atoms with van der Waals surface area (Å²) in [4.78, 5) is 31.7. The standard InChI is InChI=1S/C11H19N7O3/c1-4-17(5-2)10(19)7(3)14-9-8(18(20)21)6-13-11(15-9)16-12/h6-7H,4-5,12H2,1-3H3,(H2,13,14,15,16). The predicted molar refractivity (Wildman–Crippen MR) is 77.5 cm³/mol. The molecule has 0 saturated carbocycles. The number of hydrogen-bond acceptors (Lipinski definition) is 8. The summed E-state index contributed by atoms with van der Waals surface area (Å²) in [7, 11) is 0. The van der Waals surface area contributed by atoms with Gasteiger partial charge in [-0.1, -0.05) is 0 Å². The van der Waals surface area contributed by atoms with Gasteiger partial charge in [-0.25, -0.2) is 10.8 Å². The van der Waals surface area contributed by atoms with E-state index >= 15 is 0 Å². The highest BCUT2D eigenvalue weighted by Crippen LogP contribution is 2.22. The van der Waals surface area contributed by atoms with Gasteiger partial charge in [-0.05, 0) is 20.8 Å². The summed E-state index contributed by atoms with van der Waals surface area (Å²) in [5.74, 6) is 4.97. The first-order valence-electron chi connectivity index (χ1n) is 6.47. The number of hydrogen-bond donors (Lipinski definition) is 3. The van der Waals surface area contributed by atoms with E-state index in [1.807, 2.05) is 13.8 Å². The molecule has 0 bridgehead atoms. The Balaban J connectivity index is 3.00. The van der Waals surface area contributed by atoms with Crippen LogP contribution in [-0.4, -0.2) is 44.8 Å². The lowest BCUT2D eigenvalue weighted by Crippen LogP contribution is -2.41. The lowest BCUT2D eigenvalue weighted by Gasteiger charge is -2.23. The highest BCUT2D eigenvalue weighted by molar-refractivity contribution is 5.84. The van der Waals surface area contributed by atoms with Crippen LogP contribution in [0.5, 0.6) is 0 Å². The number of anilines is 2. The van der Waals surface area contributed by atoms with Gasteiger partial charge in [-0.2, -0.15) is 4.98 Å². The number of carbonyl (C=O) groups excluding carboxylic acids is 1. The lowest BCUT2D eigenvalue weighted by atomic mass is 10.2. The van der Waals surface area contributed by atoms with Crippen LogP contribution in [0.1, 0.15) is 20.8 Å². The fourth-order valence-corrected chi connectivity index (χ4v) is 1.76. The van der Waals surface area contributed by atoms with Gasteiger partial charge in [0.15, 0.2) is 0 Å². The zero-order valence-corrected chi connectivity index (χ0v) is 12.2. The molecule has 0 aliphatic rings. The van der Waals surface area contributed by atoms with E-state index in [9.17, 15) is 14.9 Å². The summed E-state index contributed by atoms with van der Waals surface area (Å²) < 4.78 is 0. The average molecular weight is 297 g/mol. The Hall–Kier alpha value is -2.49. The molecule has 116 valence electrons. The Morgan fingerprint density at radius 3 is 2.62 bits per heavy atom. The Kier molecular flexibility index (Phi) is 5.79. The summed E-state index contributed by atoms with van der Waals surface area (Å²) in [5, 5.41) is 13.7. The minimum Gasteiger partial charge on any atom is -0.353 e. The van der Waals surface area contributed by atoms with Crippen molar-refractivity contribution in [2.24, 2.45) is 5.84 Å². The van der Waals surface area contributed by atoms with Gasteiger partial charge in [-0.3, -0.25) is 20.3 Å². The topological polar surface area (TPSA) is 139 Å². The van der Waals surface area contributed by atoms with Crippen molar-refractivity contribution in [1.82, 2.24) is 14.9 Å². The summed E-state index contributed by atoms with van der Waals surface area (Å²) >= 11 is 0. The van der Waals surface area contributed by atoms with E-state index in [0.29, 0.717) is 13.1 Å². The van der Waals surface area contributed by atoms with Gasteiger partial charge in [0.1, 0.15) is 12.2 Å². The number of hydrazine groups is 1. The molecule has 0 aliphatic heterocycles. The lowest BCUT2D eigenvalue weighted by molar-refractivity contribution is -0.384. The van der Waals surface area contributed by atoms with Crippen molar-refractivity contribution in [3.8, 4) is 0 Å². The van der Waals surface area contributed by atoms with Gasteiger partial charge >= 0.3 is 5.69 Å². The molecule has 0 radical (unpaired) electrons. The van der Waals surface area contributed by atoms with Crippen molar-refractivity contribution in [2.45, 2.75) is 26.8 Å². The van der Waals surface area contributed by atoms with Crippen LogP contribution in [0.25, 0.3) is 0 Å². The van der Waals surface area contributed by atoms with E-state index in [-0.39, 0.29) is 23.4 Å². The number of nitro groups is 1. The number of amides is 1. The highest BCUT2D eigenvalue weighted by atomic mass is 16.6. The van der Waals surface area contributed by atoms with Crippen molar-refractivity contribution in [3.63, 3.8) is 0 Å². The van der Waals surface area contributed by atoms with Gasteiger partial charge in [-0.15, -0.1) is 0 Å². The largest absolute Gasteiger partial charge is 0.353 e. The number of nitrogens with two attached hydrogens (primary N) is 1. The van der Waals surface area contributed by atoms with Crippen molar-refractivity contribution in [2.75, 3.05) is 23.8 Å². The van der Waals surface area contributed by atoms with E-state index in [1.165, 1.54) is 0 Å². The smallest absolute Gasteiger partial charge is 0.329 e. The molecule has 1 unspecified atom stereocenters. The molecular weight excluding hydrogens is 278 g/mol. The molecule has 0 fully saturated rings. The maximum atomic E-state index is 12.2. The van der Waals surface area contributed by atoms with Crippen LogP contribution in [0.3, 0.4) is 0 Å². The summed E-state index contributed by atoms with van der Waals surface area (Å²) in [5.41, 5.74) is 1.88. The summed E-state index contributed by atoms with van der Waals surface area (Å²) in [6.45, 7) is 6.45. The van der Waals surface area contributed by atoms with Crippen molar-refractivity contribution < 1.29 is 9.72 Å². The number of nitrogens with one attached hydrogen (secondary N) is 2. The number of aromatic nitrogens is 2. The Bertz CT molecular complexity index is 519. The molecule has 1 rings (SSSR count). The molecule has 0 aromatic carbocycles. The quantitative estimate of drug-likeness (QED) is 0.372. The second kappa shape index (κ2) is 7.33. The molecule has 0 saturated heterocycles. The molecule has 1 aromatic rings. The first-order valence-corrected chi connectivity index (χ1v) is 6.47. The second-order valence-electron chi connectivity index (χ2n) is 4.21. The zero-order chi connectivity index (χ0) is 16.0. The number of carbonyl (C=O) groups is 1. The van der Waals surface area contributed by atoms with Crippen LogP contribution in [0.2, 0.25) is 0 Å². The van der Waals surface area contributed by atoms with Crippen molar-refractivity contribution >= 4 is 23.4 Å². The maximum absolute atomic E-state index is 12.2. The number of rotatable bonds is 7. The van der Waals surface area contributed by atoms with Crippen LogP contribution in [0.4, 0.5) is 17.5 Å². The third kappa shape index (κ3) is 3.99. The fourth-order valence-electron chi connectivity index (χ4n) is 1.76. The average Bonchev–Trinajstić information content (AvgIpc) is 2.47. The molecule has 1 aromatic heterocycles. The molecule has 21 heavy (non-hydrogen) atoms. The molecule has 10 heteroatoms. The highest BCUT2D eigenvalue weighted by Gasteiger charge is 2.23. The maximum Gasteiger partial charge on any atom is 0.329 e. The molecule has 1 amide bonds. The van der Waals surface area contributed by atoms with Gasteiger partial charge in [0.2, 0.25) is 17.7 Å². The predicted octanol–water partition coefficient (Wildman–Crippen LogP) is 0.339. The van der Waals surface area contributed by atoms with Gasteiger partial charge in [0, 0.05) is 13.1 Å². The molecule has 4 N–H and O–H groups in total. The Morgan fingerprint density at radius 1 is 1.52 bits per heavy atom. The second-order valence-corrected chi connectivity index (χ2v) is 4.21. The third-order valence-electron chi connectivity index (χ3n) is 2.89. The molecule has 0 spiro atoms. The van der Waals surface area contributed by atoms with Gasteiger partial charge in [0.25, 0.3) is 0 Å². The molecule has 1 atom stereocenters. The van der Waals surface area contributed by atoms with E-state index < -0.39 is 11.0 Å². The van der Waals surface area contributed by atoms with Crippen LogP contribution in [0, 0.1) is 10.1 Å². The van der Waals surface area contributed by atoms with E-state index in [0.717, 1.165) is 6.20 Å². The van der Waals surface area contributed by atoms with Crippen LogP contribution in [0.15, 0.2) is 6.20 Å². The van der Waals surface area contributed by atoms with Gasteiger partial charge < -0.3 is 10.2 Å². The summed E-state index contributed by atoms with van der Waals surface area (Å²) in [6, 6.07) is -0.663. The van der Waals surface area contributed by atoms with E-state index in [2.05, 4.69) is 20.7 Å². The molecule has 10 nitrogen and oxygen atoms in total. The van der Waals surface area contributed by atoms with E-state index in [1.54, 1.807) is 11.8 Å². The fraction of sp³-hybridized carbons (Fsp3) is 0.545. The molecule has 0 aliphatic carbocycles. The zero-order valence-electron chi connectivity index (χ0n) is 12.2. The normalized spacial score (nSPS) is 11.6. The Labute approximate surface area is 121 Å². The first-order chi connectivity index (χ1) is 9.94. The van der Waals surface area contributed by atoms with Crippen LogP contribution < -0.4 is 16.6 Å². The monoisotopic (exact) mass is 297 g/mol. The van der Waals surface area contributed by atoms with Crippen molar-refractivity contribution in [1.29, 1.82) is 0 Å². The van der Waals surface area contributed by atoms with E-state index in [4.69, 9.17) is 5.84 Å².